The summed E-state index contributed by atoms with van der Waals surface area (Å²) in [6.07, 6.45) is 4.38. The minimum atomic E-state index is 0.608. The molecule has 3 nitrogen and oxygen atoms in total. The molecule has 0 saturated heterocycles. The molecule has 1 aromatic rings. The van der Waals surface area contributed by atoms with E-state index in [9.17, 15) is 0 Å². The van der Waals surface area contributed by atoms with Crippen molar-refractivity contribution in [3.63, 3.8) is 0 Å². The van der Waals surface area contributed by atoms with Crippen LogP contribution in [0.1, 0.15) is 13.3 Å². The van der Waals surface area contributed by atoms with Crippen LogP contribution in [0.15, 0.2) is 17.0 Å². The lowest BCUT2D eigenvalue weighted by Gasteiger charge is -2.22. The van der Waals surface area contributed by atoms with E-state index in [0.29, 0.717) is 5.88 Å². The van der Waals surface area contributed by atoms with Crippen LogP contribution in [-0.2, 0) is 0 Å². The number of hydrogen-bond acceptors (Lipinski definition) is 3. The molecule has 0 N–H and O–H groups in total. The maximum atomic E-state index is 5.73. The quantitative estimate of drug-likeness (QED) is 0.776. The van der Waals surface area contributed by atoms with Gasteiger partial charge in [-0.3, -0.25) is 0 Å². The highest BCUT2D eigenvalue weighted by molar-refractivity contribution is 9.10. The Bertz CT molecular complexity index is 277. The molecule has 1 rings (SSSR count). The van der Waals surface area contributed by atoms with Gasteiger partial charge in [0.05, 0.1) is 4.47 Å². The van der Waals surface area contributed by atoms with Crippen molar-refractivity contribution >= 4 is 33.3 Å². The minimum Gasteiger partial charge on any atom is -0.354 e. The Morgan fingerprint density at radius 1 is 1.50 bits per heavy atom. The van der Waals surface area contributed by atoms with Crippen LogP contribution in [0.3, 0.4) is 0 Å². The zero-order valence-electron chi connectivity index (χ0n) is 8.08. The summed E-state index contributed by atoms with van der Waals surface area (Å²) in [5.74, 6) is 1.53. The van der Waals surface area contributed by atoms with Gasteiger partial charge in [-0.15, -0.1) is 11.6 Å². The number of aromatic nitrogens is 2. The molecule has 0 saturated carbocycles. The largest absolute Gasteiger partial charge is 0.354 e. The van der Waals surface area contributed by atoms with E-state index in [2.05, 4.69) is 37.7 Å². The Morgan fingerprint density at radius 3 is 2.86 bits per heavy atom. The van der Waals surface area contributed by atoms with Gasteiger partial charge in [-0.2, -0.15) is 0 Å². The fourth-order valence-corrected chi connectivity index (χ4v) is 1.91. The SMILES string of the molecule is CCCN(CCCl)c1ncncc1Br. The standard InChI is InChI=1S/C9H13BrClN3/c1-2-4-14(5-3-11)9-8(10)6-12-7-13-9/h6-7H,2-5H2,1H3. The molecule has 0 spiro atoms. The maximum Gasteiger partial charge on any atom is 0.146 e. The zero-order chi connectivity index (χ0) is 10.4. The predicted octanol–water partition coefficient (Wildman–Crippen LogP) is 2.69. The van der Waals surface area contributed by atoms with E-state index >= 15 is 0 Å². The summed E-state index contributed by atoms with van der Waals surface area (Å²) < 4.78 is 0.915. The Hall–Kier alpha value is -0.350. The highest BCUT2D eigenvalue weighted by atomic mass is 79.9. The molecule has 0 atom stereocenters. The zero-order valence-corrected chi connectivity index (χ0v) is 10.4. The van der Waals surface area contributed by atoms with Crippen LogP contribution >= 0.6 is 27.5 Å². The number of nitrogens with zero attached hydrogens (tertiary/aromatic N) is 3. The average Bonchev–Trinajstić information content (AvgIpc) is 2.18. The normalized spacial score (nSPS) is 10.2. The molecular weight excluding hydrogens is 265 g/mol. The summed E-state index contributed by atoms with van der Waals surface area (Å²) in [5, 5.41) is 0. The molecular formula is C9H13BrClN3. The number of hydrogen-bond donors (Lipinski definition) is 0. The first kappa shape index (κ1) is 11.7. The summed E-state index contributed by atoms with van der Waals surface area (Å²) in [7, 11) is 0. The topological polar surface area (TPSA) is 29.0 Å². The second-order valence-electron chi connectivity index (χ2n) is 2.87. The van der Waals surface area contributed by atoms with Crippen LogP contribution in [0, 0.1) is 0 Å². The van der Waals surface area contributed by atoms with Crippen molar-refractivity contribution in [1.82, 2.24) is 9.97 Å². The minimum absolute atomic E-state index is 0.608. The van der Waals surface area contributed by atoms with Gasteiger partial charge in [-0.05, 0) is 22.4 Å². The first-order valence-electron chi connectivity index (χ1n) is 4.56. The van der Waals surface area contributed by atoms with Gasteiger partial charge < -0.3 is 4.90 Å². The lowest BCUT2D eigenvalue weighted by molar-refractivity contribution is 0.776. The summed E-state index contributed by atoms with van der Waals surface area (Å²) in [5.41, 5.74) is 0. The van der Waals surface area contributed by atoms with Crippen LogP contribution in [0.5, 0.6) is 0 Å². The third-order valence-electron chi connectivity index (χ3n) is 1.80. The maximum absolute atomic E-state index is 5.73. The van der Waals surface area contributed by atoms with Crippen molar-refractivity contribution in [2.75, 3.05) is 23.9 Å². The number of alkyl halides is 1. The molecule has 0 unspecified atom stereocenters. The summed E-state index contributed by atoms with van der Waals surface area (Å²) >= 11 is 9.16. The van der Waals surface area contributed by atoms with Crippen molar-refractivity contribution in [3.8, 4) is 0 Å². The smallest absolute Gasteiger partial charge is 0.146 e. The molecule has 0 fully saturated rings. The fourth-order valence-electron chi connectivity index (χ4n) is 1.23. The Labute approximate surface area is 97.6 Å². The van der Waals surface area contributed by atoms with Gasteiger partial charge in [0.25, 0.3) is 0 Å². The van der Waals surface area contributed by atoms with Gasteiger partial charge in [0.15, 0.2) is 0 Å². The van der Waals surface area contributed by atoms with E-state index in [1.165, 1.54) is 0 Å². The highest BCUT2D eigenvalue weighted by Gasteiger charge is 2.09. The first-order chi connectivity index (χ1) is 6.79. The molecule has 0 aliphatic heterocycles. The molecule has 0 aliphatic rings. The number of anilines is 1. The molecule has 0 aliphatic carbocycles. The van der Waals surface area contributed by atoms with Crippen LogP contribution in [0.25, 0.3) is 0 Å². The van der Waals surface area contributed by atoms with Crippen molar-refractivity contribution in [3.05, 3.63) is 17.0 Å². The molecule has 5 heteroatoms. The number of rotatable bonds is 5. The van der Waals surface area contributed by atoms with E-state index in [4.69, 9.17) is 11.6 Å². The molecule has 0 radical (unpaired) electrons. The number of halogens is 2. The van der Waals surface area contributed by atoms with Crippen LogP contribution < -0.4 is 4.90 Å². The molecule has 1 aromatic heterocycles. The van der Waals surface area contributed by atoms with Gasteiger partial charge in [0.2, 0.25) is 0 Å². The molecule has 0 aromatic carbocycles. The predicted molar refractivity (Wildman–Crippen MR) is 63.0 cm³/mol. The average molecular weight is 279 g/mol. The molecule has 0 bridgehead atoms. The lowest BCUT2D eigenvalue weighted by Crippen LogP contribution is -2.27. The van der Waals surface area contributed by atoms with E-state index < -0.39 is 0 Å². The van der Waals surface area contributed by atoms with Gasteiger partial charge in [0.1, 0.15) is 12.1 Å². The van der Waals surface area contributed by atoms with Crippen LogP contribution in [0.2, 0.25) is 0 Å². The van der Waals surface area contributed by atoms with Crippen molar-refractivity contribution in [1.29, 1.82) is 0 Å². The van der Waals surface area contributed by atoms with Crippen molar-refractivity contribution < 1.29 is 0 Å². The van der Waals surface area contributed by atoms with E-state index in [1.54, 1.807) is 12.5 Å². The van der Waals surface area contributed by atoms with Gasteiger partial charge in [0, 0.05) is 25.2 Å². The summed E-state index contributed by atoms with van der Waals surface area (Å²) in [4.78, 5) is 10.3. The Balaban J connectivity index is 2.81. The second-order valence-corrected chi connectivity index (χ2v) is 4.10. The Morgan fingerprint density at radius 2 is 2.29 bits per heavy atom. The van der Waals surface area contributed by atoms with Crippen LogP contribution in [0.4, 0.5) is 5.82 Å². The third kappa shape index (κ3) is 3.10. The summed E-state index contributed by atoms with van der Waals surface area (Å²) in [6, 6.07) is 0. The molecule has 14 heavy (non-hydrogen) atoms. The first-order valence-corrected chi connectivity index (χ1v) is 5.88. The molecule has 0 amide bonds. The molecule has 1 heterocycles. The second kappa shape index (κ2) is 6.19. The Kier molecular flexibility index (Phi) is 5.19. The van der Waals surface area contributed by atoms with E-state index in [-0.39, 0.29) is 0 Å². The van der Waals surface area contributed by atoms with Crippen molar-refractivity contribution in [2.24, 2.45) is 0 Å². The monoisotopic (exact) mass is 277 g/mol. The van der Waals surface area contributed by atoms with Crippen LogP contribution in [-0.4, -0.2) is 28.9 Å². The lowest BCUT2D eigenvalue weighted by atomic mass is 10.4. The fraction of sp³-hybridized carbons (Fsp3) is 0.556. The molecule has 78 valence electrons. The third-order valence-corrected chi connectivity index (χ3v) is 2.52. The van der Waals surface area contributed by atoms with Gasteiger partial charge >= 0.3 is 0 Å². The van der Waals surface area contributed by atoms with Gasteiger partial charge in [-0.25, -0.2) is 9.97 Å². The van der Waals surface area contributed by atoms with E-state index in [0.717, 1.165) is 29.8 Å². The van der Waals surface area contributed by atoms with E-state index in [1.807, 2.05) is 0 Å². The van der Waals surface area contributed by atoms with Gasteiger partial charge in [-0.1, -0.05) is 6.92 Å². The summed E-state index contributed by atoms with van der Waals surface area (Å²) in [6.45, 7) is 3.91. The van der Waals surface area contributed by atoms with Crippen molar-refractivity contribution in [2.45, 2.75) is 13.3 Å². The highest BCUT2D eigenvalue weighted by Crippen LogP contribution is 2.21.